The van der Waals surface area contributed by atoms with Crippen molar-refractivity contribution in [2.24, 2.45) is 0 Å². The Bertz CT molecular complexity index is 908. The highest BCUT2D eigenvalue weighted by Gasteiger charge is 2.26. The summed E-state index contributed by atoms with van der Waals surface area (Å²) in [5, 5.41) is 0. The Hall–Kier alpha value is -2.74. The minimum atomic E-state index is -2.94. The smallest absolute Gasteiger partial charge is 0.387 e. The molecule has 0 fully saturated rings. The number of H-pyrrole nitrogens is 1. The van der Waals surface area contributed by atoms with Crippen molar-refractivity contribution < 1.29 is 27.8 Å². The fourth-order valence-corrected chi connectivity index (χ4v) is 3.36. The second-order valence-electron chi connectivity index (χ2n) is 7.00. The number of carbonyl (C=O) groups is 2. The molecule has 0 saturated carbocycles. The molecule has 0 aliphatic carbocycles. The number of benzene rings is 1. The molecule has 158 valence electrons. The lowest BCUT2D eigenvalue weighted by atomic mass is 10.0. The molecule has 0 amide bonds. The van der Waals surface area contributed by atoms with Gasteiger partial charge in [0.25, 0.3) is 0 Å². The first-order chi connectivity index (χ1) is 13.6. The number of aryl methyl sites for hydroxylation is 1. The van der Waals surface area contributed by atoms with Crippen molar-refractivity contribution in [3.05, 3.63) is 46.3 Å². The third-order valence-corrected chi connectivity index (χ3v) is 4.95. The van der Waals surface area contributed by atoms with Crippen molar-refractivity contribution in [3.63, 3.8) is 0 Å². The number of ether oxygens (including phenoxy) is 2. The van der Waals surface area contributed by atoms with Crippen molar-refractivity contribution in [2.75, 3.05) is 14.2 Å². The summed E-state index contributed by atoms with van der Waals surface area (Å²) in [6.07, 6.45) is 0. The van der Waals surface area contributed by atoms with E-state index in [1.54, 1.807) is 40.0 Å². The van der Waals surface area contributed by atoms with Gasteiger partial charge in [0.15, 0.2) is 23.1 Å². The van der Waals surface area contributed by atoms with Crippen LogP contribution in [0.3, 0.4) is 0 Å². The Morgan fingerprint density at radius 1 is 1.21 bits per heavy atom. The van der Waals surface area contributed by atoms with Gasteiger partial charge in [0.1, 0.15) is 0 Å². The number of methoxy groups -OCH3 is 1. The summed E-state index contributed by atoms with van der Waals surface area (Å²) in [5.74, 6) is -0.0795. The van der Waals surface area contributed by atoms with Crippen LogP contribution < -0.4 is 9.47 Å². The van der Waals surface area contributed by atoms with Gasteiger partial charge >= 0.3 is 6.61 Å². The van der Waals surface area contributed by atoms with E-state index >= 15 is 0 Å². The lowest BCUT2D eigenvalue weighted by molar-refractivity contribution is -0.0512. The van der Waals surface area contributed by atoms with E-state index in [0.29, 0.717) is 29.1 Å². The van der Waals surface area contributed by atoms with E-state index in [4.69, 9.17) is 4.74 Å². The molecule has 8 heteroatoms. The van der Waals surface area contributed by atoms with E-state index in [2.05, 4.69) is 9.72 Å². The summed E-state index contributed by atoms with van der Waals surface area (Å²) >= 11 is 0. The van der Waals surface area contributed by atoms with Crippen LogP contribution in [0, 0.1) is 13.8 Å². The molecule has 1 heterocycles. The van der Waals surface area contributed by atoms with Crippen molar-refractivity contribution in [1.82, 2.24) is 9.88 Å². The second kappa shape index (κ2) is 9.17. The normalized spacial score (nSPS) is 12.3. The van der Waals surface area contributed by atoms with E-state index in [-0.39, 0.29) is 23.1 Å². The molecule has 1 aromatic heterocycles. The Labute approximate surface area is 168 Å². The molecular weight excluding hydrogens is 382 g/mol. The molecule has 2 aromatic rings. The van der Waals surface area contributed by atoms with Gasteiger partial charge in [-0.1, -0.05) is 6.07 Å². The van der Waals surface area contributed by atoms with Crippen LogP contribution in [0.25, 0.3) is 0 Å². The van der Waals surface area contributed by atoms with E-state index in [0.717, 1.165) is 5.56 Å². The summed E-state index contributed by atoms with van der Waals surface area (Å²) in [4.78, 5) is 29.6. The number of aromatic amines is 1. The predicted octanol–water partition coefficient (Wildman–Crippen LogP) is 4.15. The van der Waals surface area contributed by atoms with Gasteiger partial charge in [-0.3, -0.25) is 14.5 Å². The number of nitrogens with zero attached hydrogens (tertiary/aromatic N) is 1. The third-order valence-electron chi connectivity index (χ3n) is 4.95. The number of rotatable bonds is 9. The van der Waals surface area contributed by atoms with E-state index in [1.165, 1.54) is 20.1 Å². The summed E-state index contributed by atoms with van der Waals surface area (Å²) in [5.41, 5.74) is 3.06. The average Bonchev–Trinajstić information content (AvgIpc) is 2.95. The number of ketones is 2. The first-order valence-electron chi connectivity index (χ1n) is 9.13. The Balaban J connectivity index is 2.18. The molecule has 1 aromatic carbocycles. The zero-order valence-corrected chi connectivity index (χ0v) is 17.4. The van der Waals surface area contributed by atoms with Crippen LogP contribution in [0.1, 0.15) is 51.5 Å². The summed E-state index contributed by atoms with van der Waals surface area (Å²) in [7, 11) is 3.16. The highest BCUT2D eigenvalue weighted by Crippen LogP contribution is 2.30. The number of Topliss-reactive ketones (excluding diaryl/α,β-unsaturated/α-hetero) is 2. The number of alkyl halides is 2. The highest BCUT2D eigenvalue weighted by atomic mass is 19.3. The van der Waals surface area contributed by atoms with Crippen LogP contribution in [0.4, 0.5) is 8.78 Å². The second-order valence-corrected chi connectivity index (χ2v) is 7.00. The van der Waals surface area contributed by atoms with Crippen molar-refractivity contribution in [3.8, 4) is 11.5 Å². The summed E-state index contributed by atoms with van der Waals surface area (Å²) in [6.45, 7) is 4.22. The molecule has 6 nitrogen and oxygen atoms in total. The first kappa shape index (κ1) is 22.5. The molecule has 1 atom stereocenters. The number of nitrogens with one attached hydrogen (secondary N) is 1. The SMILES string of the molecule is COc1cc(CN(C)[C@@H](C)C(=O)c2[nH]c(C)c(C(C)=O)c2C)ccc1OC(F)F. The largest absolute Gasteiger partial charge is 0.493 e. The van der Waals surface area contributed by atoms with Gasteiger partial charge in [0.05, 0.1) is 18.8 Å². The Morgan fingerprint density at radius 3 is 2.38 bits per heavy atom. The number of aromatic nitrogens is 1. The summed E-state index contributed by atoms with van der Waals surface area (Å²) in [6, 6.07) is 4.18. The van der Waals surface area contributed by atoms with E-state index in [1.807, 2.05) is 4.90 Å². The minimum Gasteiger partial charge on any atom is -0.493 e. The number of likely N-dealkylation sites (N-methyl/N-ethyl adjacent to an activating group) is 1. The molecule has 0 bridgehead atoms. The van der Waals surface area contributed by atoms with Gasteiger partial charge in [0, 0.05) is 17.8 Å². The zero-order chi connectivity index (χ0) is 21.9. The maximum Gasteiger partial charge on any atom is 0.387 e. The Kier molecular flexibility index (Phi) is 7.13. The molecule has 0 unspecified atom stereocenters. The van der Waals surface area contributed by atoms with Crippen molar-refractivity contribution in [2.45, 2.75) is 46.9 Å². The summed E-state index contributed by atoms with van der Waals surface area (Å²) < 4.78 is 34.5. The monoisotopic (exact) mass is 408 g/mol. The molecule has 29 heavy (non-hydrogen) atoms. The van der Waals surface area contributed by atoms with Crippen LogP contribution in [-0.2, 0) is 6.54 Å². The van der Waals surface area contributed by atoms with Gasteiger partial charge in [0.2, 0.25) is 0 Å². The fourth-order valence-electron chi connectivity index (χ4n) is 3.36. The maximum absolute atomic E-state index is 13.0. The van der Waals surface area contributed by atoms with Crippen molar-refractivity contribution >= 4 is 11.6 Å². The molecule has 0 aliphatic heterocycles. The molecule has 0 aliphatic rings. The molecule has 0 spiro atoms. The molecule has 2 rings (SSSR count). The van der Waals surface area contributed by atoms with Crippen LogP contribution >= 0.6 is 0 Å². The van der Waals surface area contributed by atoms with Crippen LogP contribution in [0.2, 0.25) is 0 Å². The minimum absolute atomic E-state index is 0.0488. The predicted molar refractivity (Wildman–Crippen MR) is 105 cm³/mol. The topological polar surface area (TPSA) is 71.6 Å². The van der Waals surface area contributed by atoms with Gasteiger partial charge in [-0.2, -0.15) is 8.78 Å². The average molecular weight is 408 g/mol. The van der Waals surface area contributed by atoms with Crippen LogP contribution in [0.5, 0.6) is 11.5 Å². The van der Waals surface area contributed by atoms with Crippen LogP contribution in [0.15, 0.2) is 18.2 Å². The van der Waals surface area contributed by atoms with E-state index < -0.39 is 12.7 Å². The molecular formula is C21H26F2N2O4. The van der Waals surface area contributed by atoms with Gasteiger partial charge in [-0.15, -0.1) is 0 Å². The maximum atomic E-state index is 13.0. The Morgan fingerprint density at radius 2 is 1.86 bits per heavy atom. The fraction of sp³-hybridized carbons (Fsp3) is 0.429. The van der Waals surface area contributed by atoms with Gasteiger partial charge < -0.3 is 14.5 Å². The lowest BCUT2D eigenvalue weighted by Crippen LogP contribution is -2.36. The van der Waals surface area contributed by atoms with Crippen LogP contribution in [-0.4, -0.2) is 48.3 Å². The number of hydrogen-bond acceptors (Lipinski definition) is 5. The highest BCUT2D eigenvalue weighted by molar-refractivity contribution is 6.05. The number of hydrogen-bond donors (Lipinski definition) is 1. The lowest BCUT2D eigenvalue weighted by Gasteiger charge is -2.24. The number of carbonyl (C=O) groups excluding carboxylic acids is 2. The number of halogens is 2. The first-order valence-corrected chi connectivity index (χ1v) is 9.13. The van der Waals surface area contributed by atoms with Gasteiger partial charge in [-0.05, 0) is 58.0 Å². The van der Waals surface area contributed by atoms with Gasteiger partial charge in [-0.25, -0.2) is 0 Å². The van der Waals surface area contributed by atoms with Crippen molar-refractivity contribution in [1.29, 1.82) is 0 Å². The standard InChI is InChI=1S/C21H26F2N2O4/c1-11-18(14(4)26)12(2)24-19(11)20(27)13(3)25(5)10-15-7-8-16(29-21(22)23)17(9-15)28-6/h7-9,13,21,24H,10H2,1-6H3/t13-/m0/s1. The zero-order valence-electron chi connectivity index (χ0n) is 17.4. The van der Waals surface area contributed by atoms with E-state index in [9.17, 15) is 18.4 Å². The molecule has 0 radical (unpaired) electrons. The third kappa shape index (κ3) is 5.00. The quantitative estimate of drug-likeness (QED) is 0.631. The molecule has 1 N–H and O–H groups in total. The molecule has 0 saturated heterocycles.